The van der Waals surface area contributed by atoms with Crippen molar-refractivity contribution < 1.29 is 0 Å². The first-order valence-corrected chi connectivity index (χ1v) is 6.51. The molecule has 1 rings (SSSR count). The number of hydrogen-bond acceptors (Lipinski definition) is 1. The van der Waals surface area contributed by atoms with E-state index < -0.39 is 6.19 Å². The van der Waals surface area contributed by atoms with Crippen molar-refractivity contribution in [2.75, 3.05) is 20.3 Å². The van der Waals surface area contributed by atoms with Crippen molar-refractivity contribution in [3.8, 4) is 12.3 Å². The van der Waals surface area contributed by atoms with Gasteiger partial charge in [0.1, 0.15) is 0 Å². The lowest BCUT2D eigenvalue weighted by Crippen LogP contribution is -2.08. The van der Waals surface area contributed by atoms with Gasteiger partial charge in [0.15, 0.2) is 0 Å². The van der Waals surface area contributed by atoms with Crippen LogP contribution in [0.3, 0.4) is 0 Å². The van der Waals surface area contributed by atoms with Gasteiger partial charge in [0.2, 0.25) is 0 Å². The van der Waals surface area contributed by atoms with E-state index in [0.29, 0.717) is 0 Å². The van der Waals surface area contributed by atoms with Crippen LogP contribution in [0.5, 0.6) is 0 Å². The van der Waals surface area contributed by atoms with Gasteiger partial charge in [-0.05, 0) is 19.9 Å². The fourth-order valence-electron chi connectivity index (χ4n) is 1.05. The molecule has 0 fully saturated rings. The van der Waals surface area contributed by atoms with Gasteiger partial charge in [0.25, 0.3) is 0 Å². The maximum atomic E-state index is 5.49. The highest BCUT2D eigenvalue weighted by atomic mass is 32.4. The summed E-state index contributed by atoms with van der Waals surface area (Å²) < 4.78 is 2.14. The van der Waals surface area contributed by atoms with E-state index in [4.69, 9.17) is 18.2 Å². The van der Waals surface area contributed by atoms with Crippen LogP contribution >= 0.6 is 6.19 Å². The number of hydrogen-bond donors (Lipinski definition) is 0. The fourth-order valence-corrected chi connectivity index (χ4v) is 3.72. The second kappa shape index (κ2) is 3.11. The molecule has 0 amide bonds. The monoisotopic (exact) mass is 185 g/mol. The van der Waals surface area contributed by atoms with Crippen LogP contribution in [0.15, 0.2) is 11.9 Å². The quantitative estimate of drug-likeness (QED) is 0.452. The number of allylic oxidation sites excluding steroid dienone is 1. The zero-order valence-corrected chi connectivity index (χ0v) is 8.53. The summed E-state index contributed by atoms with van der Waals surface area (Å²) in [6, 6.07) is 0. The number of rotatable bonds is 1. The Morgan fingerprint density at radius 2 is 2.36 bits per heavy atom. The predicted molar refractivity (Wildman–Crippen MR) is 54.3 cm³/mol. The molecule has 1 aliphatic rings. The highest BCUT2D eigenvalue weighted by Gasteiger charge is 2.24. The third-order valence-corrected chi connectivity index (χ3v) is 6.60. The van der Waals surface area contributed by atoms with Gasteiger partial charge in [-0.25, -0.2) is 0 Å². The maximum Gasteiger partial charge on any atom is 0.0445 e. The molecule has 0 aromatic rings. The van der Waals surface area contributed by atoms with Gasteiger partial charge in [-0.2, -0.15) is 0 Å². The molecule has 11 heavy (non-hydrogen) atoms. The van der Waals surface area contributed by atoms with Crippen LogP contribution in [-0.4, -0.2) is 24.9 Å². The van der Waals surface area contributed by atoms with Gasteiger partial charge in [0.05, 0.1) is 0 Å². The fraction of sp³-hybridized carbons (Fsp3) is 0.500. The second-order valence-corrected chi connectivity index (χ2v) is 7.77. The minimum atomic E-state index is -1.37. The average Bonchev–Trinajstić information content (AvgIpc) is 2.33. The number of nitrogens with zero attached hydrogens (tertiary/aromatic N) is 1. The van der Waals surface area contributed by atoms with Crippen LogP contribution in [0.1, 0.15) is 0 Å². The van der Waals surface area contributed by atoms with Crippen molar-refractivity contribution in [2.24, 2.45) is 5.92 Å². The molecule has 0 aromatic carbocycles. The summed E-state index contributed by atoms with van der Waals surface area (Å²) in [7, 11) is 4.06. The molecule has 1 nitrogen and oxygen atoms in total. The molecule has 0 N–H and O–H groups in total. The van der Waals surface area contributed by atoms with Gasteiger partial charge in [-0.15, -0.1) is 6.42 Å². The summed E-state index contributed by atoms with van der Waals surface area (Å²) in [6.45, 7) is 0. The van der Waals surface area contributed by atoms with Crippen LogP contribution < -0.4 is 0 Å². The summed E-state index contributed by atoms with van der Waals surface area (Å²) in [6.07, 6.45) is 6.98. The first-order valence-electron chi connectivity index (χ1n) is 3.50. The van der Waals surface area contributed by atoms with Gasteiger partial charge in [-0.1, -0.05) is 23.8 Å². The average molecular weight is 185 g/mol. The normalized spacial score (nSPS) is 36.0. The van der Waals surface area contributed by atoms with Crippen molar-refractivity contribution in [2.45, 2.75) is 0 Å². The lowest BCUT2D eigenvalue weighted by molar-refractivity contribution is 0.678. The van der Waals surface area contributed by atoms with Gasteiger partial charge in [0, 0.05) is 18.3 Å². The van der Waals surface area contributed by atoms with E-state index in [-0.39, 0.29) is 5.92 Å². The molecule has 2 atom stereocenters. The van der Waals surface area contributed by atoms with Crippen molar-refractivity contribution in [3.05, 3.63) is 11.9 Å². The van der Waals surface area contributed by atoms with Crippen LogP contribution in [0.2, 0.25) is 0 Å². The van der Waals surface area contributed by atoms with Crippen LogP contribution in [-0.2, 0) is 11.8 Å². The third kappa shape index (κ3) is 1.73. The van der Waals surface area contributed by atoms with Gasteiger partial charge >= 0.3 is 0 Å². The van der Waals surface area contributed by atoms with Crippen molar-refractivity contribution in [3.63, 3.8) is 0 Å². The first-order chi connectivity index (χ1) is 5.08. The lowest BCUT2D eigenvalue weighted by atomic mass is 10.2. The molecule has 0 radical (unpaired) electrons. The van der Waals surface area contributed by atoms with E-state index >= 15 is 0 Å². The summed E-state index contributed by atoms with van der Waals surface area (Å²) >= 11 is 5.49. The Bertz CT molecular complexity index is 262. The van der Waals surface area contributed by atoms with Crippen molar-refractivity contribution in [1.82, 2.24) is 4.67 Å². The topological polar surface area (TPSA) is 3.24 Å². The standard InChI is InChI=1S/C8H12NPS/c1-4-8-5-6-10(11,7-8)9(2)3/h1,5-6,8H,7H2,2-3H3. The molecule has 1 heterocycles. The molecule has 0 saturated carbocycles. The third-order valence-electron chi connectivity index (χ3n) is 1.90. The van der Waals surface area contributed by atoms with E-state index in [2.05, 4.69) is 22.5 Å². The minimum Gasteiger partial charge on any atom is -0.278 e. The molecule has 0 aliphatic carbocycles. The zero-order valence-electron chi connectivity index (χ0n) is 6.82. The second-order valence-electron chi connectivity index (χ2n) is 2.90. The predicted octanol–water partition coefficient (Wildman–Crippen LogP) is 1.72. The Kier molecular flexibility index (Phi) is 2.54. The van der Waals surface area contributed by atoms with E-state index in [1.54, 1.807) is 0 Å². The molecule has 0 spiro atoms. The summed E-state index contributed by atoms with van der Waals surface area (Å²) in [4.78, 5) is 0. The molecule has 0 saturated heterocycles. The molecular weight excluding hydrogens is 173 g/mol. The maximum absolute atomic E-state index is 5.49. The first kappa shape index (κ1) is 9.00. The molecule has 2 unspecified atom stereocenters. The van der Waals surface area contributed by atoms with E-state index in [1.807, 2.05) is 14.1 Å². The molecule has 3 heteroatoms. The van der Waals surface area contributed by atoms with Gasteiger partial charge < -0.3 is 0 Å². The van der Waals surface area contributed by atoms with E-state index in [1.165, 1.54) is 0 Å². The Balaban J connectivity index is 2.78. The lowest BCUT2D eigenvalue weighted by Gasteiger charge is -2.22. The Morgan fingerprint density at radius 1 is 1.73 bits per heavy atom. The molecule has 0 aromatic heterocycles. The molecular formula is C8H12NPS. The highest BCUT2D eigenvalue weighted by Crippen LogP contribution is 2.55. The highest BCUT2D eigenvalue weighted by molar-refractivity contribution is 8.15. The summed E-state index contributed by atoms with van der Waals surface area (Å²) in [5.41, 5.74) is 0. The van der Waals surface area contributed by atoms with E-state index in [0.717, 1.165) is 6.16 Å². The zero-order chi connectivity index (χ0) is 8.48. The SMILES string of the molecule is C#CC1C=CP(=S)(N(C)C)C1. The Labute approximate surface area is 73.5 Å². The van der Waals surface area contributed by atoms with E-state index in [9.17, 15) is 0 Å². The molecule has 60 valence electrons. The van der Waals surface area contributed by atoms with Crippen LogP contribution in [0.25, 0.3) is 0 Å². The Morgan fingerprint density at radius 3 is 2.64 bits per heavy atom. The Hall–Kier alpha value is -0.0900. The van der Waals surface area contributed by atoms with Gasteiger partial charge in [-0.3, -0.25) is 4.67 Å². The van der Waals surface area contributed by atoms with Crippen LogP contribution in [0, 0.1) is 18.3 Å². The summed E-state index contributed by atoms with van der Waals surface area (Å²) in [5, 5.41) is 0. The van der Waals surface area contributed by atoms with Crippen molar-refractivity contribution >= 4 is 18.0 Å². The summed E-state index contributed by atoms with van der Waals surface area (Å²) in [5.74, 6) is 5.13. The molecule has 1 aliphatic heterocycles. The minimum absolute atomic E-state index is 0.281. The molecule has 0 bridgehead atoms. The van der Waals surface area contributed by atoms with Crippen LogP contribution in [0.4, 0.5) is 0 Å². The smallest absolute Gasteiger partial charge is 0.0445 e. The van der Waals surface area contributed by atoms with Crippen molar-refractivity contribution in [1.29, 1.82) is 0 Å². The largest absolute Gasteiger partial charge is 0.278 e. The number of terminal acetylenes is 1.